The van der Waals surface area contributed by atoms with Crippen molar-refractivity contribution in [3.8, 4) is 0 Å². The zero-order valence-corrected chi connectivity index (χ0v) is 18.6. The van der Waals surface area contributed by atoms with Crippen LogP contribution >= 0.6 is 12.4 Å². The SMILES string of the molecule is CC(CC(=O)Nc1ccc(C(=O)N(C)C2CCCCC2)cc1)C1CCNCC1.Cl. The lowest BCUT2D eigenvalue weighted by molar-refractivity contribution is -0.117. The quantitative estimate of drug-likeness (QED) is 0.711. The number of carbonyl (C=O) groups excluding carboxylic acids is 2. The maximum atomic E-state index is 12.7. The largest absolute Gasteiger partial charge is 0.339 e. The molecular weight excluding hydrogens is 386 g/mol. The van der Waals surface area contributed by atoms with E-state index in [0.717, 1.165) is 44.5 Å². The topological polar surface area (TPSA) is 61.4 Å². The number of benzene rings is 1. The first kappa shape index (κ1) is 23.7. The normalized spacial score (nSPS) is 19.1. The van der Waals surface area contributed by atoms with Crippen LogP contribution in [-0.2, 0) is 4.79 Å². The summed E-state index contributed by atoms with van der Waals surface area (Å²) in [5, 5.41) is 6.37. The first-order valence-electron chi connectivity index (χ1n) is 10.9. The van der Waals surface area contributed by atoms with Gasteiger partial charge in [0.2, 0.25) is 5.91 Å². The minimum atomic E-state index is 0. The minimum Gasteiger partial charge on any atom is -0.339 e. The van der Waals surface area contributed by atoms with E-state index in [1.54, 1.807) is 0 Å². The van der Waals surface area contributed by atoms with Crippen molar-refractivity contribution in [2.75, 3.05) is 25.5 Å². The summed E-state index contributed by atoms with van der Waals surface area (Å²) >= 11 is 0. The molecule has 1 unspecified atom stereocenters. The van der Waals surface area contributed by atoms with Gasteiger partial charge in [-0.15, -0.1) is 12.4 Å². The van der Waals surface area contributed by atoms with E-state index in [0.29, 0.717) is 29.9 Å². The highest BCUT2D eigenvalue weighted by molar-refractivity contribution is 5.96. The van der Waals surface area contributed by atoms with Gasteiger partial charge in [0.05, 0.1) is 0 Å². The van der Waals surface area contributed by atoms with E-state index in [9.17, 15) is 9.59 Å². The molecule has 2 amide bonds. The maximum absolute atomic E-state index is 12.7. The van der Waals surface area contributed by atoms with E-state index < -0.39 is 0 Å². The van der Waals surface area contributed by atoms with Gasteiger partial charge in [-0.2, -0.15) is 0 Å². The summed E-state index contributed by atoms with van der Waals surface area (Å²) in [6.45, 7) is 4.29. The minimum absolute atomic E-state index is 0. The number of anilines is 1. The van der Waals surface area contributed by atoms with Gasteiger partial charge in [-0.25, -0.2) is 0 Å². The fourth-order valence-corrected chi connectivity index (χ4v) is 4.62. The van der Waals surface area contributed by atoms with Gasteiger partial charge in [-0.1, -0.05) is 26.2 Å². The molecule has 1 aromatic rings. The summed E-state index contributed by atoms with van der Waals surface area (Å²) in [7, 11) is 1.91. The first-order chi connectivity index (χ1) is 13.5. The lowest BCUT2D eigenvalue weighted by Crippen LogP contribution is -2.38. The van der Waals surface area contributed by atoms with Crippen LogP contribution in [0.5, 0.6) is 0 Å². The highest BCUT2D eigenvalue weighted by Crippen LogP contribution is 2.25. The number of hydrogen-bond acceptors (Lipinski definition) is 3. The van der Waals surface area contributed by atoms with Crippen LogP contribution in [-0.4, -0.2) is 42.9 Å². The number of nitrogens with zero attached hydrogens (tertiary/aromatic N) is 1. The Kier molecular flexibility index (Phi) is 9.44. The summed E-state index contributed by atoms with van der Waals surface area (Å²) in [5.41, 5.74) is 1.45. The molecule has 2 fully saturated rings. The van der Waals surface area contributed by atoms with Gasteiger partial charge in [0.15, 0.2) is 0 Å². The Morgan fingerprint density at radius 2 is 1.69 bits per heavy atom. The average molecular weight is 422 g/mol. The van der Waals surface area contributed by atoms with E-state index in [1.165, 1.54) is 19.3 Å². The van der Waals surface area contributed by atoms with E-state index in [2.05, 4.69) is 17.6 Å². The number of nitrogens with one attached hydrogen (secondary N) is 2. The summed E-state index contributed by atoms with van der Waals surface area (Å²) in [5.74, 6) is 1.16. The lowest BCUT2D eigenvalue weighted by Gasteiger charge is -2.31. The van der Waals surface area contributed by atoms with Crippen LogP contribution in [0.25, 0.3) is 0 Å². The number of piperidine rings is 1. The summed E-state index contributed by atoms with van der Waals surface area (Å²) in [6.07, 6.45) is 8.77. The molecule has 1 saturated carbocycles. The smallest absolute Gasteiger partial charge is 0.253 e. The van der Waals surface area contributed by atoms with Crippen LogP contribution in [0.4, 0.5) is 5.69 Å². The van der Waals surface area contributed by atoms with Gasteiger partial charge in [-0.3, -0.25) is 9.59 Å². The number of amides is 2. The Hall–Kier alpha value is -1.59. The van der Waals surface area contributed by atoms with Crippen molar-refractivity contribution in [3.05, 3.63) is 29.8 Å². The molecule has 0 spiro atoms. The zero-order chi connectivity index (χ0) is 19.9. The number of carbonyl (C=O) groups is 2. The van der Waals surface area contributed by atoms with Gasteiger partial charge < -0.3 is 15.5 Å². The van der Waals surface area contributed by atoms with Gasteiger partial charge in [0.25, 0.3) is 5.91 Å². The van der Waals surface area contributed by atoms with E-state index in [-0.39, 0.29) is 24.2 Å². The average Bonchev–Trinajstić information content (AvgIpc) is 2.74. The monoisotopic (exact) mass is 421 g/mol. The first-order valence-corrected chi connectivity index (χ1v) is 10.9. The molecule has 1 saturated heterocycles. The van der Waals surface area contributed by atoms with Gasteiger partial charge in [0.1, 0.15) is 0 Å². The molecule has 29 heavy (non-hydrogen) atoms. The van der Waals surface area contributed by atoms with Gasteiger partial charge >= 0.3 is 0 Å². The Morgan fingerprint density at radius 3 is 2.31 bits per heavy atom. The second-order valence-corrected chi connectivity index (χ2v) is 8.60. The van der Waals surface area contributed by atoms with E-state index >= 15 is 0 Å². The van der Waals surface area contributed by atoms with Crippen LogP contribution in [0.2, 0.25) is 0 Å². The van der Waals surface area contributed by atoms with Crippen molar-refractivity contribution < 1.29 is 9.59 Å². The highest BCUT2D eigenvalue weighted by Gasteiger charge is 2.24. The number of hydrogen-bond donors (Lipinski definition) is 2. The van der Waals surface area contributed by atoms with Crippen molar-refractivity contribution in [1.29, 1.82) is 0 Å². The fraction of sp³-hybridized carbons (Fsp3) is 0.652. The molecule has 1 aromatic carbocycles. The standard InChI is InChI=1S/C23H35N3O2.ClH/c1-17(18-12-14-24-15-13-18)16-22(27)25-20-10-8-19(9-11-20)23(28)26(2)21-6-4-3-5-7-21;/h8-11,17-18,21,24H,3-7,12-16H2,1-2H3,(H,25,27);1H. The molecule has 1 heterocycles. The van der Waals surface area contributed by atoms with Crippen molar-refractivity contribution in [2.45, 2.75) is 64.3 Å². The molecule has 3 rings (SSSR count). The molecule has 1 atom stereocenters. The van der Waals surface area contributed by atoms with Crippen LogP contribution in [0.1, 0.15) is 68.6 Å². The molecule has 162 valence electrons. The Labute approximate surface area is 181 Å². The van der Waals surface area contributed by atoms with Crippen LogP contribution in [0, 0.1) is 11.8 Å². The van der Waals surface area contributed by atoms with Crippen molar-refractivity contribution in [2.24, 2.45) is 11.8 Å². The molecule has 6 heteroatoms. The summed E-state index contributed by atoms with van der Waals surface area (Å²) in [4.78, 5) is 27.0. The molecular formula is C23H36ClN3O2. The number of rotatable bonds is 6. The van der Waals surface area contributed by atoms with Gasteiger partial charge in [-0.05, 0) is 74.9 Å². The second kappa shape index (κ2) is 11.6. The Morgan fingerprint density at radius 1 is 1.07 bits per heavy atom. The predicted molar refractivity (Wildman–Crippen MR) is 121 cm³/mol. The van der Waals surface area contributed by atoms with Gasteiger partial charge in [0, 0.05) is 30.8 Å². The van der Waals surface area contributed by atoms with Crippen molar-refractivity contribution in [3.63, 3.8) is 0 Å². The summed E-state index contributed by atoms with van der Waals surface area (Å²) < 4.78 is 0. The van der Waals surface area contributed by atoms with E-state index in [4.69, 9.17) is 0 Å². The highest BCUT2D eigenvalue weighted by atomic mass is 35.5. The van der Waals surface area contributed by atoms with Crippen molar-refractivity contribution >= 4 is 29.9 Å². The summed E-state index contributed by atoms with van der Waals surface area (Å²) in [6, 6.07) is 7.70. The fourth-order valence-electron chi connectivity index (χ4n) is 4.62. The van der Waals surface area contributed by atoms with E-state index in [1.807, 2.05) is 36.2 Å². The van der Waals surface area contributed by atoms with Crippen LogP contribution in [0.15, 0.2) is 24.3 Å². The molecule has 1 aliphatic carbocycles. The second-order valence-electron chi connectivity index (χ2n) is 8.60. The zero-order valence-electron chi connectivity index (χ0n) is 17.8. The lowest BCUT2D eigenvalue weighted by atomic mass is 9.84. The molecule has 0 aromatic heterocycles. The molecule has 0 bridgehead atoms. The van der Waals surface area contributed by atoms with Crippen molar-refractivity contribution in [1.82, 2.24) is 10.2 Å². The molecule has 2 N–H and O–H groups in total. The third kappa shape index (κ3) is 6.71. The van der Waals surface area contributed by atoms with Crippen LogP contribution < -0.4 is 10.6 Å². The molecule has 1 aliphatic heterocycles. The Bertz CT molecular complexity index is 653. The molecule has 0 radical (unpaired) electrons. The molecule has 5 nitrogen and oxygen atoms in total. The molecule has 2 aliphatic rings. The Balaban J connectivity index is 0.00000300. The third-order valence-electron chi connectivity index (χ3n) is 6.55. The predicted octanol–water partition coefficient (Wildman–Crippen LogP) is 4.48. The van der Waals surface area contributed by atoms with Crippen LogP contribution in [0.3, 0.4) is 0 Å². The maximum Gasteiger partial charge on any atom is 0.253 e. The third-order valence-corrected chi connectivity index (χ3v) is 6.55. The number of halogens is 1.